The molecule has 1 rings (SSSR count). The van der Waals surface area contributed by atoms with Gasteiger partial charge in [0.2, 0.25) is 0 Å². The van der Waals surface area contributed by atoms with E-state index in [9.17, 15) is 18.0 Å². The minimum Gasteiger partial charge on any atom is -0.465 e. The summed E-state index contributed by atoms with van der Waals surface area (Å²) < 4.78 is 41.1. The number of ether oxygens (including phenoxy) is 1. The SMILES string of the molecule is COC(=O)c1c(N)sc(Cl)c1C(F)(F)F. The number of anilines is 1. The number of carbonyl (C=O) groups excluding carboxylic acids is 1. The van der Waals surface area contributed by atoms with E-state index in [2.05, 4.69) is 4.74 Å². The van der Waals surface area contributed by atoms with Crippen molar-refractivity contribution in [1.29, 1.82) is 0 Å². The summed E-state index contributed by atoms with van der Waals surface area (Å²) in [4.78, 5) is 11.1. The largest absolute Gasteiger partial charge is 0.465 e. The first-order valence-electron chi connectivity index (χ1n) is 3.52. The Kier molecular flexibility index (Phi) is 3.15. The summed E-state index contributed by atoms with van der Waals surface area (Å²) >= 11 is 5.84. The lowest BCUT2D eigenvalue weighted by atomic mass is 10.2. The van der Waals surface area contributed by atoms with Gasteiger partial charge in [0.1, 0.15) is 20.5 Å². The molecule has 8 heteroatoms. The van der Waals surface area contributed by atoms with Gasteiger partial charge in [0.15, 0.2) is 0 Å². The van der Waals surface area contributed by atoms with Crippen molar-refractivity contribution in [1.82, 2.24) is 0 Å². The minimum atomic E-state index is -4.73. The monoisotopic (exact) mass is 259 g/mol. The first kappa shape index (κ1) is 12.1. The van der Waals surface area contributed by atoms with Gasteiger partial charge in [-0.05, 0) is 0 Å². The lowest BCUT2D eigenvalue weighted by molar-refractivity contribution is -0.137. The summed E-state index contributed by atoms with van der Waals surface area (Å²) in [5.74, 6) is -1.15. The van der Waals surface area contributed by atoms with Crippen molar-refractivity contribution in [2.45, 2.75) is 6.18 Å². The van der Waals surface area contributed by atoms with Crippen LogP contribution < -0.4 is 5.73 Å². The average molecular weight is 260 g/mol. The standard InChI is InChI=1S/C7H5ClF3NO2S/c1-14-6(13)2-3(7(9,10)11)4(8)15-5(2)12/h12H2,1H3. The molecule has 0 aromatic carbocycles. The van der Waals surface area contributed by atoms with Crippen LogP contribution in [0.25, 0.3) is 0 Å². The number of carbonyl (C=O) groups is 1. The predicted octanol–water partition coefficient (Wildman–Crippen LogP) is 2.79. The molecule has 84 valence electrons. The quantitative estimate of drug-likeness (QED) is 0.789. The van der Waals surface area contributed by atoms with E-state index >= 15 is 0 Å². The Labute approximate surface area is 91.6 Å². The molecule has 1 aromatic heterocycles. The minimum absolute atomic E-state index is 0.306. The zero-order valence-corrected chi connectivity index (χ0v) is 8.89. The highest BCUT2D eigenvalue weighted by Crippen LogP contribution is 2.44. The van der Waals surface area contributed by atoms with Crippen molar-refractivity contribution in [2.75, 3.05) is 12.8 Å². The van der Waals surface area contributed by atoms with Crippen LogP contribution in [0.1, 0.15) is 15.9 Å². The van der Waals surface area contributed by atoms with Crippen LogP contribution in [0.3, 0.4) is 0 Å². The molecule has 2 N–H and O–H groups in total. The first-order valence-corrected chi connectivity index (χ1v) is 4.71. The molecule has 0 bridgehead atoms. The van der Waals surface area contributed by atoms with Crippen molar-refractivity contribution in [3.8, 4) is 0 Å². The zero-order chi connectivity index (χ0) is 11.8. The van der Waals surface area contributed by atoms with Crippen LogP contribution in [0.5, 0.6) is 0 Å². The number of esters is 1. The fourth-order valence-electron chi connectivity index (χ4n) is 0.978. The van der Waals surface area contributed by atoms with Crippen LogP contribution in [0.2, 0.25) is 4.34 Å². The van der Waals surface area contributed by atoms with E-state index in [0.29, 0.717) is 11.3 Å². The third kappa shape index (κ3) is 2.18. The third-order valence-corrected chi connectivity index (χ3v) is 2.79. The Morgan fingerprint density at radius 2 is 2.07 bits per heavy atom. The van der Waals surface area contributed by atoms with E-state index < -0.39 is 27.6 Å². The third-order valence-electron chi connectivity index (χ3n) is 1.57. The fourth-order valence-corrected chi connectivity index (χ4v) is 2.23. The number of hydrogen-bond acceptors (Lipinski definition) is 4. The molecule has 0 saturated heterocycles. The Morgan fingerprint density at radius 3 is 2.47 bits per heavy atom. The Hall–Kier alpha value is -0.950. The summed E-state index contributed by atoms with van der Waals surface area (Å²) in [6.45, 7) is 0. The normalized spacial score (nSPS) is 11.5. The van der Waals surface area contributed by atoms with Gasteiger partial charge < -0.3 is 10.5 Å². The first-order chi connectivity index (χ1) is 6.79. The van der Waals surface area contributed by atoms with Crippen molar-refractivity contribution >= 4 is 33.9 Å². The lowest BCUT2D eigenvalue weighted by Crippen LogP contribution is -2.13. The highest BCUT2D eigenvalue weighted by Gasteiger charge is 2.41. The number of nitrogens with two attached hydrogens (primary N) is 1. The van der Waals surface area contributed by atoms with Crippen molar-refractivity contribution in [2.24, 2.45) is 0 Å². The van der Waals surface area contributed by atoms with Gasteiger partial charge in [-0.15, -0.1) is 11.3 Å². The highest BCUT2D eigenvalue weighted by molar-refractivity contribution is 7.20. The summed E-state index contributed by atoms with van der Waals surface area (Å²) in [6.07, 6.45) is -4.73. The van der Waals surface area contributed by atoms with Gasteiger partial charge in [0, 0.05) is 0 Å². The number of alkyl halides is 3. The molecule has 0 unspecified atom stereocenters. The molecule has 1 aromatic rings. The molecule has 0 saturated carbocycles. The number of thiophene rings is 1. The second-order valence-corrected chi connectivity index (χ2v) is 4.13. The topological polar surface area (TPSA) is 52.3 Å². The molecule has 0 aliphatic heterocycles. The second kappa shape index (κ2) is 3.90. The van der Waals surface area contributed by atoms with Crippen LogP contribution in [0, 0.1) is 0 Å². The average Bonchev–Trinajstić information content (AvgIpc) is 2.38. The molecule has 15 heavy (non-hydrogen) atoms. The molecule has 0 fully saturated rings. The maximum Gasteiger partial charge on any atom is 0.419 e. The van der Waals surface area contributed by atoms with Crippen molar-refractivity contribution < 1.29 is 22.7 Å². The Balaban J connectivity index is 3.43. The van der Waals surface area contributed by atoms with Crippen LogP contribution >= 0.6 is 22.9 Å². The van der Waals surface area contributed by atoms with E-state index in [1.54, 1.807) is 0 Å². The summed E-state index contributed by atoms with van der Waals surface area (Å²) in [5.41, 5.74) is 3.29. The lowest BCUT2D eigenvalue weighted by Gasteiger charge is -2.07. The number of hydrogen-bond donors (Lipinski definition) is 1. The molecular weight excluding hydrogens is 255 g/mol. The summed E-state index contributed by atoms with van der Waals surface area (Å²) in [7, 11) is 0.966. The predicted molar refractivity (Wildman–Crippen MR) is 50.1 cm³/mol. The van der Waals surface area contributed by atoms with Crippen molar-refractivity contribution in [3.05, 3.63) is 15.5 Å². The number of methoxy groups -OCH3 is 1. The fraction of sp³-hybridized carbons (Fsp3) is 0.286. The Bertz CT molecular complexity index is 402. The van der Waals surface area contributed by atoms with Gasteiger partial charge in [0.25, 0.3) is 0 Å². The molecule has 0 aliphatic rings. The number of halogens is 4. The maximum atomic E-state index is 12.5. The number of nitrogen functional groups attached to an aromatic ring is 1. The molecule has 0 atom stereocenters. The second-order valence-electron chi connectivity index (χ2n) is 2.48. The van der Waals surface area contributed by atoms with E-state index in [1.165, 1.54) is 0 Å². The summed E-state index contributed by atoms with van der Waals surface area (Å²) in [6, 6.07) is 0. The van der Waals surface area contributed by atoms with E-state index in [1.807, 2.05) is 0 Å². The molecule has 0 aliphatic carbocycles. The van der Waals surface area contributed by atoms with Gasteiger partial charge in [-0.2, -0.15) is 13.2 Å². The van der Waals surface area contributed by atoms with E-state index in [0.717, 1.165) is 7.11 Å². The smallest absolute Gasteiger partial charge is 0.419 e. The van der Waals surface area contributed by atoms with Crippen LogP contribution in [0.15, 0.2) is 0 Å². The van der Waals surface area contributed by atoms with Gasteiger partial charge in [-0.3, -0.25) is 0 Å². The maximum absolute atomic E-state index is 12.5. The highest BCUT2D eigenvalue weighted by atomic mass is 35.5. The van der Waals surface area contributed by atoms with Crippen molar-refractivity contribution in [3.63, 3.8) is 0 Å². The molecular formula is C7H5ClF3NO2S. The van der Waals surface area contributed by atoms with Crippen LogP contribution in [0.4, 0.5) is 18.2 Å². The molecule has 1 heterocycles. The van der Waals surface area contributed by atoms with Gasteiger partial charge in [-0.25, -0.2) is 4.79 Å². The molecule has 3 nitrogen and oxygen atoms in total. The zero-order valence-electron chi connectivity index (χ0n) is 7.31. The van der Waals surface area contributed by atoms with Gasteiger partial charge in [0.05, 0.1) is 7.11 Å². The van der Waals surface area contributed by atoms with Crippen LogP contribution in [-0.4, -0.2) is 13.1 Å². The van der Waals surface area contributed by atoms with Gasteiger partial charge in [-0.1, -0.05) is 11.6 Å². The number of rotatable bonds is 1. The van der Waals surface area contributed by atoms with E-state index in [4.69, 9.17) is 17.3 Å². The Morgan fingerprint density at radius 1 is 1.53 bits per heavy atom. The molecule has 0 radical (unpaired) electrons. The summed E-state index contributed by atoms with van der Waals surface area (Å²) in [5, 5.41) is -0.306. The van der Waals surface area contributed by atoms with E-state index in [-0.39, 0.29) is 5.00 Å². The molecule has 0 amide bonds. The van der Waals surface area contributed by atoms with Crippen LogP contribution in [-0.2, 0) is 10.9 Å². The van der Waals surface area contributed by atoms with Gasteiger partial charge >= 0.3 is 12.1 Å². The molecule has 0 spiro atoms.